The number of hydrogen-bond acceptors (Lipinski definition) is 5. The summed E-state index contributed by atoms with van der Waals surface area (Å²) in [4.78, 5) is 39.4. The second-order valence-corrected chi connectivity index (χ2v) is 7.73. The van der Waals surface area contributed by atoms with Crippen LogP contribution in [0.25, 0.3) is 0 Å². The van der Waals surface area contributed by atoms with Crippen molar-refractivity contribution in [3.8, 4) is 0 Å². The lowest BCUT2D eigenvalue weighted by Crippen LogP contribution is -2.40. The highest BCUT2D eigenvalue weighted by atomic mass is 16.3. The minimum atomic E-state index is -0.464. The Balaban J connectivity index is 1.47. The van der Waals surface area contributed by atoms with E-state index in [1.807, 2.05) is 0 Å². The number of carbonyl (C=O) groups excluding carboxylic acids is 3. The normalized spacial score (nSPS) is 25.7. The summed E-state index contributed by atoms with van der Waals surface area (Å²) in [5.74, 6) is -0.845. The molecule has 3 amide bonds. The first-order valence-electron chi connectivity index (χ1n) is 9.75. The number of β-amino-alcohol motifs (C(OH)–C–C–N with tert-alkyl or cyclic N) is 1. The van der Waals surface area contributed by atoms with E-state index in [1.165, 1.54) is 11.0 Å². The number of carbonyl (C=O) groups is 3. The lowest BCUT2D eigenvalue weighted by atomic mass is 9.94. The highest BCUT2D eigenvalue weighted by Gasteiger charge is 2.40. The maximum absolute atomic E-state index is 12.8. The molecule has 2 unspecified atom stereocenters. The van der Waals surface area contributed by atoms with E-state index in [0.717, 1.165) is 32.1 Å². The molecule has 2 atom stereocenters. The van der Waals surface area contributed by atoms with Crippen molar-refractivity contribution in [2.24, 2.45) is 5.92 Å². The third-order valence-electron chi connectivity index (χ3n) is 5.95. The molecule has 3 N–H and O–H groups in total. The molecular formula is C20H25N3O4. The fourth-order valence-corrected chi connectivity index (χ4v) is 4.32. The Kier molecular flexibility index (Phi) is 4.97. The molecule has 144 valence electrons. The molecule has 0 spiro atoms. The van der Waals surface area contributed by atoms with Crippen LogP contribution in [0.4, 0.5) is 0 Å². The van der Waals surface area contributed by atoms with Crippen LogP contribution in [-0.2, 0) is 0 Å². The first-order chi connectivity index (χ1) is 13.1. The molecule has 1 aliphatic carbocycles. The van der Waals surface area contributed by atoms with Gasteiger partial charge in [0.15, 0.2) is 0 Å². The van der Waals surface area contributed by atoms with E-state index in [9.17, 15) is 19.5 Å². The van der Waals surface area contributed by atoms with Crippen LogP contribution in [-0.4, -0.2) is 59.5 Å². The summed E-state index contributed by atoms with van der Waals surface area (Å²) in [7, 11) is 0. The predicted molar refractivity (Wildman–Crippen MR) is 98.5 cm³/mol. The van der Waals surface area contributed by atoms with Gasteiger partial charge in [0.1, 0.15) is 0 Å². The van der Waals surface area contributed by atoms with Crippen LogP contribution in [0, 0.1) is 5.92 Å². The van der Waals surface area contributed by atoms with Gasteiger partial charge in [0.25, 0.3) is 17.7 Å². The van der Waals surface area contributed by atoms with Crippen molar-refractivity contribution < 1.29 is 19.5 Å². The number of amides is 3. The molecule has 0 aromatic heterocycles. The van der Waals surface area contributed by atoms with Gasteiger partial charge in [0.2, 0.25) is 0 Å². The Hall–Kier alpha value is -2.25. The first-order valence-corrected chi connectivity index (χ1v) is 9.75. The summed E-state index contributed by atoms with van der Waals surface area (Å²) < 4.78 is 0. The fraction of sp³-hybridized carbons (Fsp3) is 0.550. The summed E-state index contributed by atoms with van der Waals surface area (Å²) in [6, 6.07) is 4.67. The molecule has 2 heterocycles. The van der Waals surface area contributed by atoms with Gasteiger partial charge in [-0.2, -0.15) is 0 Å². The van der Waals surface area contributed by atoms with Crippen LogP contribution < -0.4 is 10.6 Å². The molecular weight excluding hydrogens is 346 g/mol. The summed E-state index contributed by atoms with van der Waals surface area (Å²) in [5.41, 5.74) is 1.07. The Morgan fingerprint density at radius 3 is 2.56 bits per heavy atom. The minimum Gasteiger partial charge on any atom is -0.391 e. The van der Waals surface area contributed by atoms with E-state index >= 15 is 0 Å². The highest BCUT2D eigenvalue weighted by molar-refractivity contribution is 6.22. The van der Waals surface area contributed by atoms with Crippen molar-refractivity contribution >= 4 is 17.7 Å². The quantitative estimate of drug-likeness (QED) is 0.684. The molecule has 1 aromatic carbocycles. The summed E-state index contributed by atoms with van der Waals surface area (Å²) in [6.45, 7) is 1.56. The van der Waals surface area contributed by atoms with Gasteiger partial charge in [-0.05, 0) is 31.0 Å². The van der Waals surface area contributed by atoms with Crippen molar-refractivity contribution in [3.05, 3.63) is 34.9 Å². The van der Waals surface area contributed by atoms with Gasteiger partial charge in [-0.15, -0.1) is 0 Å². The van der Waals surface area contributed by atoms with Gasteiger partial charge in [0.05, 0.1) is 17.2 Å². The van der Waals surface area contributed by atoms with Crippen LogP contribution >= 0.6 is 0 Å². The van der Waals surface area contributed by atoms with Crippen molar-refractivity contribution in [2.75, 3.05) is 19.6 Å². The predicted octanol–water partition coefficient (Wildman–Crippen LogP) is 0.925. The van der Waals surface area contributed by atoms with Crippen LogP contribution in [0.2, 0.25) is 0 Å². The summed E-state index contributed by atoms with van der Waals surface area (Å²) in [6.07, 6.45) is 4.47. The maximum atomic E-state index is 12.8. The van der Waals surface area contributed by atoms with E-state index in [-0.39, 0.29) is 29.7 Å². The van der Waals surface area contributed by atoms with E-state index in [1.54, 1.807) is 12.1 Å². The average Bonchev–Trinajstić information content (AvgIpc) is 3.21. The van der Waals surface area contributed by atoms with E-state index in [4.69, 9.17) is 0 Å². The second-order valence-electron chi connectivity index (χ2n) is 7.73. The van der Waals surface area contributed by atoms with E-state index in [2.05, 4.69) is 10.6 Å². The van der Waals surface area contributed by atoms with E-state index in [0.29, 0.717) is 36.3 Å². The molecule has 7 nitrogen and oxygen atoms in total. The number of nitrogens with zero attached hydrogens (tertiary/aromatic N) is 1. The highest BCUT2D eigenvalue weighted by Crippen LogP contribution is 2.31. The van der Waals surface area contributed by atoms with Crippen molar-refractivity contribution in [3.63, 3.8) is 0 Å². The SMILES string of the molecule is O=C(NCC1CNCC1O)c1ccc2c(c1)C(=O)N(C1CCCCC1)C2=O. The molecule has 7 heteroatoms. The largest absolute Gasteiger partial charge is 0.391 e. The Bertz CT molecular complexity index is 772. The van der Waals surface area contributed by atoms with Crippen molar-refractivity contribution in [1.29, 1.82) is 0 Å². The molecule has 27 heavy (non-hydrogen) atoms. The van der Waals surface area contributed by atoms with Crippen molar-refractivity contribution in [1.82, 2.24) is 15.5 Å². The molecule has 2 aliphatic heterocycles. The topological polar surface area (TPSA) is 98.7 Å². The smallest absolute Gasteiger partial charge is 0.261 e. The number of benzene rings is 1. The third-order valence-corrected chi connectivity index (χ3v) is 5.95. The maximum Gasteiger partial charge on any atom is 0.261 e. The molecule has 1 saturated carbocycles. The van der Waals surface area contributed by atoms with E-state index < -0.39 is 6.10 Å². The van der Waals surface area contributed by atoms with Gasteiger partial charge < -0.3 is 15.7 Å². The van der Waals surface area contributed by atoms with Crippen LogP contribution in [0.15, 0.2) is 18.2 Å². The zero-order valence-electron chi connectivity index (χ0n) is 15.2. The monoisotopic (exact) mass is 371 g/mol. The van der Waals surface area contributed by atoms with Gasteiger partial charge in [0, 0.05) is 37.2 Å². The second kappa shape index (κ2) is 7.40. The number of aliphatic hydroxyl groups is 1. The van der Waals surface area contributed by atoms with Gasteiger partial charge in [-0.1, -0.05) is 19.3 Å². The fourth-order valence-electron chi connectivity index (χ4n) is 4.32. The van der Waals surface area contributed by atoms with Gasteiger partial charge in [-0.3, -0.25) is 19.3 Å². The number of fused-ring (bicyclic) bond motifs is 1. The summed E-state index contributed by atoms with van der Waals surface area (Å²) >= 11 is 0. The van der Waals surface area contributed by atoms with Gasteiger partial charge >= 0.3 is 0 Å². The lowest BCUT2D eigenvalue weighted by Gasteiger charge is -2.29. The van der Waals surface area contributed by atoms with Crippen LogP contribution in [0.1, 0.15) is 63.2 Å². The molecule has 1 aromatic rings. The molecule has 2 fully saturated rings. The standard InChI is InChI=1S/C20H25N3O4/c24-17-11-21-9-13(17)10-22-18(25)12-6-7-15-16(8-12)20(27)23(19(15)26)14-4-2-1-3-5-14/h6-8,13-14,17,21,24H,1-5,9-11H2,(H,22,25). The number of aliphatic hydroxyl groups excluding tert-OH is 1. The Morgan fingerprint density at radius 2 is 1.85 bits per heavy atom. The molecule has 4 rings (SSSR count). The molecule has 0 bridgehead atoms. The minimum absolute atomic E-state index is 0.0200. The van der Waals surface area contributed by atoms with Gasteiger partial charge in [-0.25, -0.2) is 0 Å². The Labute approximate surface area is 158 Å². The third kappa shape index (κ3) is 3.37. The number of nitrogens with one attached hydrogen (secondary N) is 2. The number of hydrogen-bond donors (Lipinski definition) is 3. The summed E-state index contributed by atoms with van der Waals surface area (Å²) in [5, 5.41) is 15.7. The van der Waals surface area contributed by atoms with Crippen molar-refractivity contribution in [2.45, 2.75) is 44.2 Å². The average molecular weight is 371 g/mol. The lowest BCUT2D eigenvalue weighted by molar-refractivity contribution is 0.0548. The molecule has 0 radical (unpaired) electrons. The molecule has 1 saturated heterocycles. The number of imide groups is 1. The number of rotatable bonds is 4. The zero-order valence-corrected chi connectivity index (χ0v) is 15.2. The molecule has 3 aliphatic rings. The Morgan fingerprint density at radius 1 is 1.11 bits per heavy atom. The van der Waals surface area contributed by atoms with Crippen LogP contribution in [0.3, 0.4) is 0 Å². The van der Waals surface area contributed by atoms with Crippen LogP contribution in [0.5, 0.6) is 0 Å². The zero-order chi connectivity index (χ0) is 19.0. The first kappa shape index (κ1) is 18.1.